The minimum Gasteiger partial charge on any atom is -0.390 e. The van der Waals surface area contributed by atoms with Crippen LogP contribution in [0.5, 0.6) is 0 Å². The summed E-state index contributed by atoms with van der Waals surface area (Å²) in [5, 5.41) is 10.5. The molecule has 0 aromatic rings. The van der Waals surface area contributed by atoms with Gasteiger partial charge in [-0.3, -0.25) is 0 Å². The Morgan fingerprint density at radius 2 is 1.93 bits per heavy atom. The Morgan fingerprint density at radius 3 is 2.47 bits per heavy atom. The summed E-state index contributed by atoms with van der Waals surface area (Å²) in [5.74, 6) is 2.19. The number of rotatable bonds is 4. The first-order valence-corrected chi connectivity index (χ1v) is 6.65. The standard InChI is InChI=1S/C14H28O/c1-11(2)7-9-14(15)8-5-6-13(10-14)12(3)4/h11-13,15H,5-10H2,1-4H3. The third-order valence-corrected chi connectivity index (χ3v) is 3.99. The van der Waals surface area contributed by atoms with Crippen molar-refractivity contribution < 1.29 is 5.11 Å². The van der Waals surface area contributed by atoms with Crippen molar-refractivity contribution >= 4 is 0 Å². The van der Waals surface area contributed by atoms with Crippen molar-refractivity contribution in [3.63, 3.8) is 0 Å². The SMILES string of the molecule is CC(C)CCC1(O)CCCC(C(C)C)C1. The summed E-state index contributed by atoms with van der Waals surface area (Å²) in [6, 6.07) is 0. The van der Waals surface area contributed by atoms with Crippen LogP contribution in [0.2, 0.25) is 0 Å². The van der Waals surface area contributed by atoms with Gasteiger partial charge in [-0.05, 0) is 49.9 Å². The molecule has 90 valence electrons. The molecule has 0 aromatic heterocycles. The lowest BCUT2D eigenvalue weighted by Gasteiger charge is -2.39. The molecule has 0 spiro atoms. The van der Waals surface area contributed by atoms with Crippen molar-refractivity contribution in [1.29, 1.82) is 0 Å². The Labute approximate surface area is 95.3 Å². The lowest BCUT2D eigenvalue weighted by Crippen LogP contribution is -2.37. The van der Waals surface area contributed by atoms with Crippen molar-refractivity contribution in [2.75, 3.05) is 0 Å². The summed E-state index contributed by atoms with van der Waals surface area (Å²) in [5.41, 5.74) is -0.336. The second-order valence-corrected chi connectivity index (χ2v) is 6.26. The molecule has 0 radical (unpaired) electrons. The Hall–Kier alpha value is -0.0400. The van der Waals surface area contributed by atoms with Gasteiger partial charge in [-0.25, -0.2) is 0 Å². The van der Waals surface area contributed by atoms with Gasteiger partial charge in [0, 0.05) is 0 Å². The van der Waals surface area contributed by atoms with Crippen molar-refractivity contribution in [3.05, 3.63) is 0 Å². The molecule has 0 bridgehead atoms. The van der Waals surface area contributed by atoms with E-state index in [0.29, 0.717) is 5.92 Å². The highest BCUT2D eigenvalue weighted by atomic mass is 16.3. The number of hydrogen-bond acceptors (Lipinski definition) is 1. The highest BCUT2D eigenvalue weighted by Gasteiger charge is 2.34. The first-order valence-electron chi connectivity index (χ1n) is 6.65. The van der Waals surface area contributed by atoms with E-state index in [0.717, 1.165) is 31.1 Å². The van der Waals surface area contributed by atoms with Gasteiger partial charge in [-0.1, -0.05) is 34.1 Å². The van der Waals surface area contributed by atoms with Gasteiger partial charge >= 0.3 is 0 Å². The van der Waals surface area contributed by atoms with Gasteiger partial charge in [-0.2, -0.15) is 0 Å². The van der Waals surface area contributed by atoms with E-state index in [1.165, 1.54) is 19.3 Å². The minimum atomic E-state index is -0.336. The summed E-state index contributed by atoms with van der Waals surface area (Å²) >= 11 is 0. The molecule has 1 fully saturated rings. The molecule has 0 amide bonds. The molecule has 1 saturated carbocycles. The van der Waals surface area contributed by atoms with Crippen molar-refractivity contribution in [1.82, 2.24) is 0 Å². The smallest absolute Gasteiger partial charge is 0.0650 e. The molecule has 1 heteroatoms. The summed E-state index contributed by atoms with van der Waals surface area (Å²) in [6.07, 6.45) is 6.79. The second kappa shape index (κ2) is 5.34. The molecule has 0 saturated heterocycles. The molecule has 15 heavy (non-hydrogen) atoms. The molecule has 0 aromatic carbocycles. The van der Waals surface area contributed by atoms with Crippen LogP contribution in [0.1, 0.15) is 66.2 Å². The molecule has 0 heterocycles. The average Bonchev–Trinajstić information content (AvgIpc) is 2.15. The maximum absolute atomic E-state index is 10.5. The molecule has 0 aliphatic heterocycles. The molecule has 1 N–H and O–H groups in total. The molecule has 1 rings (SSSR count). The van der Waals surface area contributed by atoms with Gasteiger partial charge < -0.3 is 5.11 Å². The van der Waals surface area contributed by atoms with E-state index in [2.05, 4.69) is 27.7 Å². The van der Waals surface area contributed by atoms with Gasteiger partial charge in [0.05, 0.1) is 5.60 Å². The summed E-state index contributed by atoms with van der Waals surface area (Å²) in [4.78, 5) is 0. The van der Waals surface area contributed by atoms with E-state index in [1.54, 1.807) is 0 Å². The fourth-order valence-corrected chi connectivity index (χ4v) is 2.74. The third-order valence-electron chi connectivity index (χ3n) is 3.99. The maximum Gasteiger partial charge on any atom is 0.0650 e. The first kappa shape index (κ1) is 13.0. The van der Waals surface area contributed by atoms with Crippen LogP contribution in [0, 0.1) is 17.8 Å². The third kappa shape index (κ3) is 4.14. The molecule has 2 atom stereocenters. The van der Waals surface area contributed by atoms with E-state index < -0.39 is 0 Å². The average molecular weight is 212 g/mol. The zero-order chi connectivity index (χ0) is 11.5. The van der Waals surface area contributed by atoms with Crippen molar-refractivity contribution in [2.24, 2.45) is 17.8 Å². The molecular weight excluding hydrogens is 184 g/mol. The van der Waals surface area contributed by atoms with Crippen LogP contribution >= 0.6 is 0 Å². The Balaban J connectivity index is 2.45. The molecule has 1 nitrogen and oxygen atoms in total. The molecular formula is C14H28O. The summed E-state index contributed by atoms with van der Waals surface area (Å²) in [6.45, 7) is 9.07. The highest BCUT2D eigenvalue weighted by Crippen LogP contribution is 2.39. The zero-order valence-electron chi connectivity index (χ0n) is 10.9. The van der Waals surface area contributed by atoms with E-state index in [9.17, 15) is 5.11 Å². The van der Waals surface area contributed by atoms with Crippen LogP contribution < -0.4 is 0 Å². The van der Waals surface area contributed by atoms with E-state index in [4.69, 9.17) is 0 Å². The lowest BCUT2D eigenvalue weighted by atomic mass is 9.71. The zero-order valence-corrected chi connectivity index (χ0v) is 10.9. The molecule has 1 aliphatic carbocycles. The van der Waals surface area contributed by atoms with Crippen LogP contribution in [0.15, 0.2) is 0 Å². The van der Waals surface area contributed by atoms with E-state index >= 15 is 0 Å². The van der Waals surface area contributed by atoms with Crippen LogP contribution in [-0.4, -0.2) is 10.7 Å². The number of hydrogen-bond donors (Lipinski definition) is 1. The van der Waals surface area contributed by atoms with Gasteiger partial charge in [0.25, 0.3) is 0 Å². The highest BCUT2D eigenvalue weighted by molar-refractivity contribution is 4.87. The number of aliphatic hydroxyl groups is 1. The second-order valence-electron chi connectivity index (χ2n) is 6.26. The quantitative estimate of drug-likeness (QED) is 0.747. The first-order chi connectivity index (χ1) is 6.93. The predicted molar refractivity (Wildman–Crippen MR) is 65.8 cm³/mol. The van der Waals surface area contributed by atoms with Gasteiger partial charge in [-0.15, -0.1) is 0 Å². The lowest BCUT2D eigenvalue weighted by molar-refractivity contribution is -0.0345. The van der Waals surface area contributed by atoms with E-state index in [1.807, 2.05) is 0 Å². The fourth-order valence-electron chi connectivity index (χ4n) is 2.74. The summed E-state index contributed by atoms with van der Waals surface area (Å²) < 4.78 is 0. The minimum absolute atomic E-state index is 0.336. The normalized spacial score (nSPS) is 32.6. The predicted octanol–water partition coefficient (Wildman–Crippen LogP) is 4.00. The Bertz CT molecular complexity index is 186. The van der Waals surface area contributed by atoms with Crippen LogP contribution in [0.4, 0.5) is 0 Å². The monoisotopic (exact) mass is 212 g/mol. The Kier molecular flexibility index (Phi) is 4.64. The van der Waals surface area contributed by atoms with Crippen LogP contribution in [0.3, 0.4) is 0 Å². The Morgan fingerprint density at radius 1 is 1.27 bits per heavy atom. The van der Waals surface area contributed by atoms with Crippen LogP contribution in [0.25, 0.3) is 0 Å². The van der Waals surface area contributed by atoms with Gasteiger partial charge in [0.2, 0.25) is 0 Å². The fraction of sp³-hybridized carbons (Fsp3) is 1.00. The van der Waals surface area contributed by atoms with Crippen molar-refractivity contribution in [2.45, 2.75) is 71.8 Å². The molecule has 1 aliphatic rings. The van der Waals surface area contributed by atoms with Crippen molar-refractivity contribution in [3.8, 4) is 0 Å². The van der Waals surface area contributed by atoms with Gasteiger partial charge in [0.1, 0.15) is 0 Å². The van der Waals surface area contributed by atoms with E-state index in [-0.39, 0.29) is 5.60 Å². The topological polar surface area (TPSA) is 20.2 Å². The van der Waals surface area contributed by atoms with Crippen LogP contribution in [-0.2, 0) is 0 Å². The molecule has 2 unspecified atom stereocenters. The maximum atomic E-state index is 10.5. The largest absolute Gasteiger partial charge is 0.390 e. The van der Waals surface area contributed by atoms with Gasteiger partial charge in [0.15, 0.2) is 0 Å². The summed E-state index contributed by atoms with van der Waals surface area (Å²) in [7, 11) is 0.